The van der Waals surface area contributed by atoms with Gasteiger partial charge >= 0.3 is 0 Å². The molecule has 15 heavy (non-hydrogen) atoms. The lowest BCUT2D eigenvalue weighted by Gasteiger charge is -2.25. The molecule has 1 heterocycles. The molecule has 1 saturated carbocycles. The third-order valence-electron chi connectivity index (χ3n) is 3.46. The first-order chi connectivity index (χ1) is 7.40. The van der Waals surface area contributed by atoms with E-state index in [1.165, 1.54) is 25.7 Å². The van der Waals surface area contributed by atoms with Crippen LogP contribution in [0.25, 0.3) is 0 Å². The summed E-state index contributed by atoms with van der Waals surface area (Å²) in [5, 5.41) is 3.65. The monoisotopic (exact) mass is 213 g/mol. The van der Waals surface area contributed by atoms with Gasteiger partial charge in [-0.15, -0.1) is 0 Å². The molecule has 3 nitrogen and oxygen atoms in total. The second-order valence-electron chi connectivity index (χ2n) is 4.89. The summed E-state index contributed by atoms with van der Waals surface area (Å²) in [6.07, 6.45) is 5.30. The Hall–Kier alpha value is -0.120. The normalized spacial score (nSPS) is 29.0. The van der Waals surface area contributed by atoms with Crippen molar-refractivity contribution in [3.63, 3.8) is 0 Å². The van der Waals surface area contributed by atoms with Crippen LogP contribution < -0.4 is 5.32 Å². The molecule has 88 valence electrons. The van der Waals surface area contributed by atoms with Crippen LogP contribution in [0.2, 0.25) is 0 Å². The van der Waals surface area contributed by atoms with Crippen molar-refractivity contribution in [3.05, 3.63) is 0 Å². The van der Waals surface area contributed by atoms with Gasteiger partial charge in [0.05, 0.1) is 13.2 Å². The molecule has 1 saturated heterocycles. The summed E-state index contributed by atoms with van der Waals surface area (Å²) < 4.78 is 10.7. The Morgan fingerprint density at radius 2 is 2.27 bits per heavy atom. The van der Waals surface area contributed by atoms with Crippen LogP contribution in [0, 0.1) is 11.8 Å². The zero-order valence-electron chi connectivity index (χ0n) is 9.71. The number of nitrogens with one attached hydrogen (secondary N) is 1. The van der Waals surface area contributed by atoms with E-state index in [4.69, 9.17) is 9.47 Å². The maximum Gasteiger partial charge on any atom is 0.0618 e. The van der Waals surface area contributed by atoms with E-state index in [2.05, 4.69) is 5.32 Å². The van der Waals surface area contributed by atoms with Gasteiger partial charge in [0, 0.05) is 26.3 Å². The number of methoxy groups -OCH3 is 1. The van der Waals surface area contributed by atoms with Gasteiger partial charge in [0.2, 0.25) is 0 Å². The van der Waals surface area contributed by atoms with E-state index >= 15 is 0 Å². The molecule has 0 aromatic heterocycles. The molecule has 0 radical (unpaired) electrons. The highest BCUT2D eigenvalue weighted by Crippen LogP contribution is 2.32. The van der Waals surface area contributed by atoms with Crippen molar-refractivity contribution >= 4 is 0 Å². The van der Waals surface area contributed by atoms with Gasteiger partial charge in [-0.2, -0.15) is 0 Å². The lowest BCUT2D eigenvalue weighted by atomic mass is 10.0. The minimum absolute atomic E-state index is 0.580. The molecule has 2 rings (SSSR count). The van der Waals surface area contributed by atoms with E-state index in [9.17, 15) is 0 Å². The molecule has 3 heteroatoms. The Morgan fingerprint density at radius 1 is 1.40 bits per heavy atom. The smallest absolute Gasteiger partial charge is 0.0618 e. The van der Waals surface area contributed by atoms with Crippen LogP contribution in [0.15, 0.2) is 0 Å². The van der Waals surface area contributed by atoms with Crippen LogP contribution in [0.4, 0.5) is 0 Å². The Kier molecular flexibility index (Phi) is 4.42. The molecule has 1 aliphatic heterocycles. The molecule has 2 aliphatic rings. The predicted molar refractivity (Wildman–Crippen MR) is 59.9 cm³/mol. The van der Waals surface area contributed by atoms with Crippen molar-refractivity contribution in [1.82, 2.24) is 5.32 Å². The molecular weight excluding hydrogens is 190 g/mol. The maximum atomic E-state index is 5.48. The average Bonchev–Trinajstić information content (AvgIpc) is 3.09. The first-order valence-corrected chi connectivity index (χ1v) is 6.20. The second kappa shape index (κ2) is 5.83. The lowest BCUT2D eigenvalue weighted by molar-refractivity contribution is 0.0514. The highest BCUT2D eigenvalue weighted by atomic mass is 16.5. The van der Waals surface area contributed by atoms with Gasteiger partial charge in [-0.3, -0.25) is 0 Å². The Morgan fingerprint density at radius 3 is 2.87 bits per heavy atom. The summed E-state index contributed by atoms with van der Waals surface area (Å²) in [6, 6.07) is 0.580. The lowest BCUT2D eigenvalue weighted by Crippen LogP contribution is -2.40. The van der Waals surface area contributed by atoms with Crippen LogP contribution in [0.5, 0.6) is 0 Å². The topological polar surface area (TPSA) is 30.5 Å². The summed E-state index contributed by atoms with van der Waals surface area (Å²) in [7, 11) is 1.79. The van der Waals surface area contributed by atoms with Gasteiger partial charge in [0.1, 0.15) is 0 Å². The highest BCUT2D eigenvalue weighted by Gasteiger charge is 2.31. The largest absolute Gasteiger partial charge is 0.383 e. The van der Waals surface area contributed by atoms with Gasteiger partial charge in [0.25, 0.3) is 0 Å². The van der Waals surface area contributed by atoms with E-state index in [1.54, 1.807) is 7.11 Å². The Balaban J connectivity index is 1.65. The standard InChI is InChI=1S/C12H23NO2/c1-14-9-12(11-4-5-11)13-7-10-3-2-6-15-8-10/h10-13H,2-9H2,1H3. The Bertz CT molecular complexity index is 176. The molecule has 2 unspecified atom stereocenters. The van der Waals surface area contributed by atoms with Crippen LogP contribution in [0.3, 0.4) is 0 Å². The van der Waals surface area contributed by atoms with E-state index in [-0.39, 0.29) is 0 Å². The molecule has 0 spiro atoms. The quantitative estimate of drug-likeness (QED) is 0.724. The summed E-state index contributed by atoms with van der Waals surface area (Å²) in [5.41, 5.74) is 0. The van der Waals surface area contributed by atoms with Gasteiger partial charge in [-0.1, -0.05) is 0 Å². The van der Waals surface area contributed by atoms with Crippen LogP contribution in [-0.2, 0) is 9.47 Å². The minimum Gasteiger partial charge on any atom is -0.383 e. The Labute approximate surface area is 92.5 Å². The number of hydrogen-bond acceptors (Lipinski definition) is 3. The SMILES string of the molecule is COCC(NCC1CCCOC1)C1CC1. The van der Waals surface area contributed by atoms with Gasteiger partial charge in [-0.25, -0.2) is 0 Å². The maximum absolute atomic E-state index is 5.48. The number of hydrogen-bond donors (Lipinski definition) is 1. The minimum atomic E-state index is 0.580. The van der Waals surface area contributed by atoms with E-state index in [0.717, 1.165) is 38.2 Å². The molecule has 0 aromatic rings. The fourth-order valence-corrected chi connectivity index (χ4v) is 2.33. The fraction of sp³-hybridized carbons (Fsp3) is 1.00. The number of ether oxygens (including phenoxy) is 2. The van der Waals surface area contributed by atoms with Crippen LogP contribution in [-0.4, -0.2) is 39.5 Å². The van der Waals surface area contributed by atoms with Crippen molar-refractivity contribution in [2.45, 2.75) is 31.7 Å². The van der Waals surface area contributed by atoms with Gasteiger partial charge < -0.3 is 14.8 Å². The molecule has 0 aromatic carbocycles. The van der Waals surface area contributed by atoms with E-state index < -0.39 is 0 Å². The fourth-order valence-electron chi connectivity index (χ4n) is 2.33. The summed E-state index contributed by atoms with van der Waals surface area (Å²) in [5.74, 6) is 1.59. The number of rotatable bonds is 6. The van der Waals surface area contributed by atoms with Gasteiger partial charge in [0.15, 0.2) is 0 Å². The third kappa shape index (κ3) is 3.74. The molecule has 1 aliphatic carbocycles. The van der Waals surface area contributed by atoms with E-state index in [0.29, 0.717) is 6.04 Å². The second-order valence-corrected chi connectivity index (χ2v) is 4.89. The van der Waals surface area contributed by atoms with Crippen LogP contribution in [0.1, 0.15) is 25.7 Å². The first-order valence-electron chi connectivity index (χ1n) is 6.20. The summed E-state index contributed by atoms with van der Waals surface area (Å²) in [4.78, 5) is 0. The molecule has 0 bridgehead atoms. The van der Waals surface area contributed by atoms with Gasteiger partial charge in [-0.05, 0) is 37.5 Å². The van der Waals surface area contributed by atoms with E-state index in [1.807, 2.05) is 0 Å². The predicted octanol–water partition coefficient (Wildman–Crippen LogP) is 1.43. The van der Waals surface area contributed by atoms with Crippen molar-refractivity contribution < 1.29 is 9.47 Å². The molecule has 2 atom stereocenters. The van der Waals surface area contributed by atoms with Crippen molar-refractivity contribution in [2.24, 2.45) is 11.8 Å². The molecule has 0 amide bonds. The zero-order chi connectivity index (χ0) is 10.5. The molecule has 2 fully saturated rings. The van der Waals surface area contributed by atoms with Crippen LogP contribution >= 0.6 is 0 Å². The van der Waals surface area contributed by atoms with Crippen molar-refractivity contribution in [1.29, 1.82) is 0 Å². The van der Waals surface area contributed by atoms with Crippen molar-refractivity contribution in [3.8, 4) is 0 Å². The summed E-state index contributed by atoms with van der Waals surface area (Å²) in [6.45, 7) is 3.86. The average molecular weight is 213 g/mol. The zero-order valence-corrected chi connectivity index (χ0v) is 9.71. The summed E-state index contributed by atoms with van der Waals surface area (Å²) >= 11 is 0. The molecular formula is C12H23NO2. The highest BCUT2D eigenvalue weighted by molar-refractivity contribution is 4.86. The first kappa shape index (κ1) is 11.4. The third-order valence-corrected chi connectivity index (χ3v) is 3.46. The molecule has 1 N–H and O–H groups in total. The van der Waals surface area contributed by atoms with Crippen molar-refractivity contribution in [2.75, 3.05) is 33.5 Å².